The Hall–Kier alpha value is -2.37. The third-order valence-corrected chi connectivity index (χ3v) is 7.53. The van der Waals surface area contributed by atoms with Gasteiger partial charge in [0, 0.05) is 36.6 Å². The lowest BCUT2D eigenvalue weighted by Gasteiger charge is -2.41. The van der Waals surface area contributed by atoms with E-state index in [9.17, 15) is 14.7 Å². The standard InChI is InChI=1S/C26H31IN2O6/c27-20-7-3-4-8-22(20)35-23-14-19(25(32)28-10-11-30)13-21(24(23)31)29(15-17-9-12-34-16-17)26(33)18-5-1-2-6-18/h3-4,7-9,12,14,16,18,21,23-24,30-31H,1-2,5-6,10-11,13,15H2,(H,28,32)/t21-,23+,24+/m1/s1. The zero-order valence-electron chi connectivity index (χ0n) is 19.4. The van der Waals surface area contributed by atoms with Crippen molar-refractivity contribution in [3.05, 3.63) is 63.6 Å². The second-order valence-corrected chi connectivity index (χ2v) is 10.2. The van der Waals surface area contributed by atoms with Gasteiger partial charge in [0.15, 0.2) is 0 Å². The van der Waals surface area contributed by atoms with Gasteiger partial charge in [-0.2, -0.15) is 0 Å². The van der Waals surface area contributed by atoms with Crippen LogP contribution in [0, 0.1) is 9.49 Å². The molecule has 1 aromatic heterocycles. The summed E-state index contributed by atoms with van der Waals surface area (Å²) in [6, 6.07) is 8.59. The van der Waals surface area contributed by atoms with Crippen LogP contribution in [0.15, 0.2) is 58.9 Å². The summed E-state index contributed by atoms with van der Waals surface area (Å²) in [6.07, 6.45) is 6.76. The fraction of sp³-hybridized carbons (Fsp3) is 0.462. The number of furan rings is 1. The lowest BCUT2D eigenvalue weighted by atomic mass is 9.87. The van der Waals surface area contributed by atoms with Crippen LogP contribution in [0.2, 0.25) is 0 Å². The van der Waals surface area contributed by atoms with E-state index in [1.165, 1.54) is 0 Å². The molecule has 0 aliphatic heterocycles. The van der Waals surface area contributed by atoms with E-state index in [2.05, 4.69) is 27.9 Å². The Labute approximate surface area is 218 Å². The molecular formula is C26H31IN2O6. The first kappa shape index (κ1) is 25.7. The number of hydrogen-bond acceptors (Lipinski definition) is 6. The number of aliphatic hydroxyl groups is 2. The van der Waals surface area contributed by atoms with Crippen LogP contribution in [0.4, 0.5) is 0 Å². The zero-order chi connectivity index (χ0) is 24.8. The smallest absolute Gasteiger partial charge is 0.247 e. The van der Waals surface area contributed by atoms with Gasteiger partial charge in [0.05, 0.1) is 28.7 Å². The first-order chi connectivity index (χ1) is 17.0. The Balaban J connectivity index is 1.66. The molecule has 1 aromatic carbocycles. The minimum absolute atomic E-state index is 0.0159. The number of aliphatic hydroxyl groups excluding tert-OH is 2. The average molecular weight is 594 g/mol. The molecule has 3 N–H and O–H groups in total. The van der Waals surface area contributed by atoms with E-state index in [0.717, 1.165) is 34.8 Å². The van der Waals surface area contributed by atoms with E-state index in [0.29, 0.717) is 11.3 Å². The summed E-state index contributed by atoms with van der Waals surface area (Å²) in [5.41, 5.74) is 1.24. The van der Waals surface area contributed by atoms with Crippen LogP contribution in [0.25, 0.3) is 0 Å². The van der Waals surface area contributed by atoms with Gasteiger partial charge >= 0.3 is 0 Å². The zero-order valence-corrected chi connectivity index (χ0v) is 21.6. The van der Waals surface area contributed by atoms with Gasteiger partial charge in [-0.05, 0) is 59.7 Å². The van der Waals surface area contributed by atoms with Crippen LogP contribution < -0.4 is 10.1 Å². The highest BCUT2D eigenvalue weighted by Gasteiger charge is 2.42. The third kappa shape index (κ3) is 6.25. The number of rotatable bonds is 9. The van der Waals surface area contributed by atoms with Crippen LogP contribution in [0.1, 0.15) is 37.7 Å². The van der Waals surface area contributed by atoms with Crippen LogP contribution in [-0.2, 0) is 16.1 Å². The van der Waals surface area contributed by atoms with Crippen molar-refractivity contribution in [2.45, 2.75) is 56.9 Å². The molecule has 0 radical (unpaired) electrons. The summed E-state index contributed by atoms with van der Waals surface area (Å²) in [4.78, 5) is 28.3. The van der Waals surface area contributed by atoms with Crippen molar-refractivity contribution in [1.29, 1.82) is 0 Å². The highest BCUT2D eigenvalue weighted by Crippen LogP contribution is 2.33. The van der Waals surface area contributed by atoms with Crippen LogP contribution in [0.5, 0.6) is 5.75 Å². The van der Waals surface area contributed by atoms with Crippen molar-refractivity contribution >= 4 is 34.4 Å². The number of ether oxygens (including phenoxy) is 1. The Morgan fingerprint density at radius 3 is 2.66 bits per heavy atom. The average Bonchev–Trinajstić information content (AvgIpc) is 3.58. The molecule has 1 saturated carbocycles. The van der Waals surface area contributed by atoms with E-state index in [-0.39, 0.29) is 43.8 Å². The van der Waals surface area contributed by atoms with Gasteiger partial charge in [-0.3, -0.25) is 9.59 Å². The molecule has 4 rings (SSSR count). The molecule has 0 saturated heterocycles. The van der Waals surface area contributed by atoms with Gasteiger partial charge in [0.2, 0.25) is 11.8 Å². The number of benzene rings is 1. The highest BCUT2D eigenvalue weighted by atomic mass is 127. The van der Waals surface area contributed by atoms with Gasteiger partial charge in [0.1, 0.15) is 18.0 Å². The lowest BCUT2D eigenvalue weighted by molar-refractivity contribution is -0.143. The van der Waals surface area contributed by atoms with Gasteiger partial charge in [-0.15, -0.1) is 0 Å². The van der Waals surface area contributed by atoms with Gasteiger partial charge < -0.3 is 29.6 Å². The fourth-order valence-corrected chi connectivity index (χ4v) is 5.33. The molecule has 0 spiro atoms. The molecule has 0 unspecified atom stereocenters. The molecule has 2 amide bonds. The molecular weight excluding hydrogens is 563 g/mol. The van der Waals surface area contributed by atoms with Crippen molar-refractivity contribution in [2.24, 2.45) is 5.92 Å². The van der Waals surface area contributed by atoms with Crippen molar-refractivity contribution < 1.29 is 29.0 Å². The molecule has 2 aromatic rings. The van der Waals surface area contributed by atoms with Crippen molar-refractivity contribution in [2.75, 3.05) is 13.2 Å². The van der Waals surface area contributed by atoms with Crippen LogP contribution >= 0.6 is 22.6 Å². The normalized spacial score (nSPS) is 22.5. The molecule has 9 heteroatoms. The number of carbonyl (C=O) groups is 2. The largest absolute Gasteiger partial charge is 0.482 e. The molecule has 188 valence electrons. The first-order valence-corrected chi connectivity index (χ1v) is 13.1. The van der Waals surface area contributed by atoms with E-state index in [4.69, 9.17) is 14.3 Å². The molecule has 1 heterocycles. The minimum atomic E-state index is -1.04. The Bertz CT molecular complexity index is 1030. The maximum Gasteiger partial charge on any atom is 0.247 e. The summed E-state index contributed by atoms with van der Waals surface area (Å²) in [6.45, 7) is 0.208. The van der Waals surface area contributed by atoms with Crippen molar-refractivity contribution in [1.82, 2.24) is 10.2 Å². The molecule has 1 fully saturated rings. The monoisotopic (exact) mass is 594 g/mol. The van der Waals surface area contributed by atoms with E-state index in [1.807, 2.05) is 24.3 Å². The fourth-order valence-electron chi connectivity index (χ4n) is 4.81. The summed E-state index contributed by atoms with van der Waals surface area (Å²) >= 11 is 2.16. The number of amides is 2. The number of nitrogens with zero attached hydrogens (tertiary/aromatic N) is 1. The summed E-state index contributed by atoms with van der Waals surface area (Å²) in [7, 11) is 0. The molecule has 3 atom stereocenters. The van der Waals surface area contributed by atoms with Crippen LogP contribution in [0.3, 0.4) is 0 Å². The van der Waals surface area contributed by atoms with Crippen molar-refractivity contribution in [3.63, 3.8) is 0 Å². The maximum atomic E-state index is 13.7. The van der Waals surface area contributed by atoms with Crippen molar-refractivity contribution in [3.8, 4) is 5.75 Å². The van der Waals surface area contributed by atoms with Gasteiger partial charge in [0.25, 0.3) is 0 Å². The summed E-state index contributed by atoms with van der Waals surface area (Å²) in [5, 5.41) is 23.3. The predicted octanol–water partition coefficient (Wildman–Crippen LogP) is 3.02. The molecule has 2 aliphatic carbocycles. The third-order valence-electron chi connectivity index (χ3n) is 6.63. The van der Waals surface area contributed by atoms with Crippen LogP contribution in [-0.4, -0.2) is 58.3 Å². The van der Waals surface area contributed by atoms with E-state index < -0.39 is 18.2 Å². The topological polar surface area (TPSA) is 112 Å². The summed E-state index contributed by atoms with van der Waals surface area (Å²) < 4.78 is 12.3. The quantitative estimate of drug-likeness (QED) is 0.385. The Kier molecular flexibility index (Phi) is 8.85. The molecule has 8 nitrogen and oxygen atoms in total. The second kappa shape index (κ2) is 12.0. The molecule has 35 heavy (non-hydrogen) atoms. The summed E-state index contributed by atoms with van der Waals surface area (Å²) in [5.74, 6) is 0.135. The van der Waals surface area contributed by atoms with E-state index in [1.54, 1.807) is 29.6 Å². The van der Waals surface area contributed by atoms with Gasteiger partial charge in [-0.25, -0.2) is 0 Å². The minimum Gasteiger partial charge on any atom is -0.482 e. The van der Waals surface area contributed by atoms with E-state index >= 15 is 0 Å². The Morgan fingerprint density at radius 1 is 1.20 bits per heavy atom. The number of hydrogen-bond donors (Lipinski definition) is 3. The second-order valence-electron chi connectivity index (χ2n) is 9.03. The maximum absolute atomic E-state index is 13.7. The lowest BCUT2D eigenvalue weighted by Crippen LogP contribution is -2.55. The number of carbonyl (C=O) groups excluding carboxylic acids is 2. The Morgan fingerprint density at radius 2 is 1.97 bits per heavy atom. The predicted molar refractivity (Wildman–Crippen MR) is 137 cm³/mol. The molecule has 2 aliphatic rings. The number of nitrogens with one attached hydrogen (secondary N) is 1. The first-order valence-electron chi connectivity index (χ1n) is 12.0. The number of halogens is 1. The molecule has 0 bridgehead atoms. The SMILES string of the molecule is O=C(NCCO)C1=C[C@H](Oc2ccccc2I)[C@@H](O)[C@H](N(Cc2ccoc2)C(=O)C2CCCC2)C1. The van der Waals surface area contributed by atoms with Gasteiger partial charge in [-0.1, -0.05) is 25.0 Å². The number of para-hydroxylation sites is 1. The highest BCUT2D eigenvalue weighted by molar-refractivity contribution is 14.1.